The Kier molecular flexibility index (Phi) is 6.06. The van der Waals surface area contributed by atoms with E-state index in [1.54, 1.807) is 0 Å². The molecule has 0 bridgehead atoms. The number of benzene rings is 2. The number of nitrogens with zero attached hydrogens (tertiary/aromatic N) is 2. The molecular weight excluding hydrogens is 522 g/mol. The van der Waals surface area contributed by atoms with Crippen LogP contribution in [0.2, 0.25) is 0 Å². The highest BCUT2D eigenvalue weighted by atomic mass is 19.4. The highest BCUT2D eigenvalue weighted by Crippen LogP contribution is 2.47. The number of hydrogen-bond acceptors (Lipinski definition) is 6. The molecule has 13 heteroatoms. The van der Waals surface area contributed by atoms with E-state index in [-0.39, 0.29) is 34.7 Å². The molecule has 0 saturated heterocycles. The Hall–Kier alpha value is -4.52. The minimum absolute atomic E-state index is 0.0203. The largest absolute Gasteiger partial charge is 0.489 e. The Bertz CT molecular complexity index is 1600. The standard InChI is InChI=1S/C26H21F4N5O4/c1-24(23(31)37)11-39-21-16(24)9-19(35-20(21)13-2-5-15(27)6-3-13)25(38,26(28,29)30)10-32-22(36)14-4-7-17-18(8-14)34-12-33-17/h2-9,12,38H,10-11H2,1H3,(H2,31,37)(H,32,36)(H,33,34)/t24-,25?/m0/s1. The Labute approximate surface area is 218 Å². The molecule has 1 aliphatic rings. The third-order valence-electron chi connectivity index (χ3n) is 6.81. The monoisotopic (exact) mass is 543 g/mol. The first-order chi connectivity index (χ1) is 18.3. The molecule has 39 heavy (non-hydrogen) atoms. The van der Waals surface area contributed by atoms with Crippen LogP contribution in [0.15, 0.2) is 54.9 Å². The minimum Gasteiger partial charge on any atom is -0.489 e. The number of imidazole rings is 1. The summed E-state index contributed by atoms with van der Waals surface area (Å²) in [5, 5.41) is 13.2. The number of halogens is 4. The maximum absolute atomic E-state index is 14.5. The van der Waals surface area contributed by atoms with Crippen molar-refractivity contribution in [1.29, 1.82) is 0 Å². The van der Waals surface area contributed by atoms with Crippen LogP contribution < -0.4 is 15.8 Å². The summed E-state index contributed by atoms with van der Waals surface area (Å²) in [6, 6.07) is 9.88. The Balaban J connectivity index is 1.59. The van der Waals surface area contributed by atoms with Gasteiger partial charge in [-0.25, -0.2) is 14.4 Å². The van der Waals surface area contributed by atoms with Gasteiger partial charge in [-0.3, -0.25) is 9.59 Å². The molecule has 2 amide bonds. The van der Waals surface area contributed by atoms with E-state index >= 15 is 0 Å². The number of fused-ring (bicyclic) bond motifs is 2. The average Bonchev–Trinajstić information content (AvgIpc) is 3.51. The number of rotatable bonds is 6. The molecule has 9 nitrogen and oxygen atoms in total. The molecule has 2 aromatic heterocycles. The fourth-order valence-electron chi connectivity index (χ4n) is 4.33. The van der Waals surface area contributed by atoms with Gasteiger partial charge in [-0.1, -0.05) is 0 Å². The summed E-state index contributed by atoms with van der Waals surface area (Å²) in [5.41, 5.74) is 0.464. The first kappa shape index (κ1) is 26.1. The van der Waals surface area contributed by atoms with Crippen molar-refractivity contribution in [2.45, 2.75) is 24.1 Å². The number of carbonyl (C=O) groups is 2. The number of amides is 2. The molecule has 5 rings (SSSR count). The summed E-state index contributed by atoms with van der Waals surface area (Å²) >= 11 is 0. The van der Waals surface area contributed by atoms with E-state index in [1.165, 1.54) is 43.6 Å². The van der Waals surface area contributed by atoms with Gasteiger partial charge >= 0.3 is 6.18 Å². The zero-order chi connectivity index (χ0) is 28.2. The van der Waals surface area contributed by atoms with Gasteiger partial charge in [0.15, 0.2) is 0 Å². The van der Waals surface area contributed by atoms with Crippen LogP contribution >= 0.6 is 0 Å². The van der Waals surface area contributed by atoms with Crippen LogP contribution in [0.5, 0.6) is 5.75 Å². The highest BCUT2D eigenvalue weighted by Gasteiger charge is 2.57. The number of carbonyl (C=O) groups excluding carboxylic acids is 2. The van der Waals surface area contributed by atoms with Crippen LogP contribution in [0, 0.1) is 5.82 Å². The fraction of sp³-hybridized carbons (Fsp3) is 0.231. The lowest BCUT2D eigenvalue weighted by atomic mass is 9.81. The van der Waals surface area contributed by atoms with E-state index in [4.69, 9.17) is 10.5 Å². The number of H-pyrrole nitrogens is 1. The SMILES string of the molecule is C[C@]1(C(N)=O)COc2c1cc(C(O)(CNC(=O)c1ccc3nc[nH]c3c1)C(F)(F)F)nc2-c1ccc(F)cc1. The predicted octanol–water partition coefficient (Wildman–Crippen LogP) is 3.08. The molecule has 3 heterocycles. The quantitative estimate of drug-likeness (QED) is 0.275. The number of aromatic amines is 1. The van der Waals surface area contributed by atoms with Gasteiger partial charge in [0.2, 0.25) is 11.5 Å². The van der Waals surface area contributed by atoms with Crippen molar-refractivity contribution < 1.29 is 37.0 Å². The lowest BCUT2D eigenvalue weighted by molar-refractivity contribution is -0.265. The van der Waals surface area contributed by atoms with Crippen LogP contribution in [0.4, 0.5) is 17.6 Å². The number of nitrogens with one attached hydrogen (secondary N) is 2. The smallest absolute Gasteiger partial charge is 0.424 e. The molecule has 2 aromatic carbocycles. The predicted molar refractivity (Wildman–Crippen MR) is 130 cm³/mol. The van der Waals surface area contributed by atoms with Crippen molar-refractivity contribution in [3.05, 3.63) is 77.5 Å². The first-order valence-electron chi connectivity index (χ1n) is 11.6. The van der Waals surface area contributed by atoms with Gasteiger partial charge in [-0.2, -0.15) is 13.2 Å². The summed E-state index contributed by atoms with van der Waals surface area (Å²) in [6.07, 6.45) is -3.92. The van der Waals surface area contributed by atoms with E-state index in [1.807, 2.05) is 0 Å². The van der Waals surface area contributed by atoms with E-state index in [9.17, 15) is 32.3 Å². The molecule has 2 atom stereocenters. The maximum atomic E-state index is 14.5. The van der Waals surface area contributed by atoms with Crippen molar-refractivity contribution in [1.82, 2.24) is 20.3 Å². The summed E-state index contributed by atoms with van der Waals surface area (Å²) in [7, 11) is 0. The van der Waals surface area contributed by atoms with Gasteiger partial charge in [-0.15, -0.1) is 0 Å². The molecule has 0 fully saturated rings. The Morgan fingerprint density at radius 1 is 1.18 bits per heavy atom. The number of alkyl halides is 3. The lowest BCUT2D eigenvalue weighted by Crippen LogP contribution is -2.51. The molecule has 1 aliphatic heterocycles. The zero-order valence-corrected chi connectivity index (χ0v) is 20.3. The van der Waals surface area contributed by atoms with Crippen LogP contribution in [0.3, 0.4) is 0 Å². The van der Waals surface area contributed by atoms with Gasteiger partial charge in [0.1, 0.15) is 29.3 Å². The summed E-state index contributed by atoms with van der Waals surface area (Å²) in [4.78, 5) is 35.9. The van der Waals surface area contributed by atoms with E-state index < -0.39 is 47.1 Å². The third kappa shape index (κ3) is 4.34. The second-order valence-electron chi connectivity index (χ2n) is 9.40. The molecule has 0 saturated carbocycles. The van der Waals surface area contributed by atoms with Gasteiger partial charge in [-0.05, 0) is 55.5 Å². The van der Waals surface area contributed by atoms with Crippen molar-refractivity contribution in [3.8, 4) is 17.0 Å². The second kappa shape index (κ2) is 9.05. The number of pyridine rings is 1. The van der Waals surface area contributed by atoms with Crippen molar-refractivity contribution in [3.63, 3.8) is 0 Å². The average molecular weight is 543 g/mol. The summed E-state index contributed by atoms with van der Waals surface area (Å²) in [6.45, 7) is -0.202. The normalized spacial score (nSPS) is 18.3. The van der Waals surface area contributed by atoms with Gasteiger partial charge in [0, 0.05) is 16.7 Å². The van der Waals surface area contributed by atoms with E-state index in [0.29, 0.717) is 11.0 Å². The third-order valence-corrected chi connectivity index (χ3v) is 6.81. The van der Waals surface area contributed by atoms with Gasteiger partial charge < -0.3 is 25.9 Å². The second-order valence-corrected chi connectivity index (χ2v) is 9.40. The molecule has 0 spiro atoms. The molecule has 1 unspecified atom stereocenters. The number of ether oxygens (including phenoxy) is 1. The van der Waals surface area contributed by atoms with E-state index in [2.05, 4.69) is 20.3 Å². The fourth-order valence-corrected chi connectivity index (χ4v) is 4.33. The number of aromatic nitrogens is 3. The summed E-state index contributed by atoms with van der Waals surface area (Å²) < 4.78 is 62.6. The van der Waals surface area contributed by atoms with Crippen molar-refractivity contribution >= 4 is 22.8 Å². The number of aliphatic hydroxyl groups is 1. The maximum Gasteiger partial charge on any atom is 0.424 e. The number of hydrogen-bond donors (Lipinski definition) is 4. The Morgan fingerprint density at radius 2 is 1.90 bits per heavy atom. The number of primary amides is 1. The topological polar surface area (TPSA) is 143 Å². The van der Waals surface area contributed by atoms with Crippen LogP contribution in [0.1, 0.15) is 28.5 Å². The van der Waals surface area contributed by atoms with Crippen LogP contribution in [-0.4, -0.2) is 51.2 Å². The highest BCUT2D eigenvalue weighted by molar-refractivity contribution is 5.97. The lowest BCUT2D eigenvalue weighted by Gasteiger charge is -2.31. The number of nitrogens with two attached hydrogens (primary N) is 1. The zero-order valence-electron chi connectivity index (χ0n) is 20.3. The molecule has 202 valence electrons. The minimum atomic E-state index is -5.32. The van der Waals surface area contributed by atoms with Crippen LogP contribution in [-0.2, 0) is 15.8 Å². The van der Waals surface area contributed by atoms with Gasteiger partial charge in [0.25, 0.3) is 5.91 Å². The van der Waals surface area contributed by atoms with Crippen molar-refractivity contribution in [2.75, 3.05) is 13.2 Å². The molecular formula is C26H21F4N5O4. The van der Waals surface area contributed by atoms with Crippen LogP contribution in [0.25, 0.3) is 22.3 Å². The van der Waals surface area contributed by atoms with Gasteiger partial charge in [0.05, 0.1) is 29.6 Å². The molecule has 0 aliphatic carbocycles. The van der Waals surface area contributed by atoms with Crippen molar-refractivity contribution in [2.24, 2.45) is 5.73 Å². The van der Waals surface area contributed by atoms with E-state index in [0.717, 1.165) is 18.2 Å². The first-order valence-corrected chi connectivity index (χ1v) is 11.6. The molecule has 5 N–H and O–H groups in total. The Morgan fingerprint density at radius 3 is 2.56 bits per heavy atom. The summed E-state index contributed by atoms with van der Waals surface area (Å²) in [5.74, 6) is -2.38. The molecule has 0 radical (unpaired) electrons. The molecule has 4 aromatic rings.